The molecule has 1 unspecified atom stereocenters. The number of nitrogens with one attached hydrogen (secondary N) is 1. The molecule has 9 heteroatoms. The third-order valence-corrected chi connectivity index (χ3v) is 6.99. The third-order valence-electron chi connectivity index (χ3n) is 6.74. The maximum atomic E-state index is 13.9. The monoisotopic (exact) mass is 544 g/mol. The molecule has 7 rings (SSSR count). The first kappa shape index (κ1) is 23.9. The van der Waals surface area contributed by atoms with Gasteiger partial charge >= 0.3 is 0 Å². The molecule has 0 bridgehead atoms. The van der Waals surface area contributed by atoms with Crippen molar-refractivity contribution in [1.29, 1.82) is 0 Å². The number of hydrogen-bond acceptors (Lipinski definition) is 7. The van der Waals surface area contributed by atoms with Crippen LogP contribution < -0.4 is 10.3 Å². The first-order valence-electron chi connectivity index (χ1n) is 12.7. The summed E-state index contributed by atoms with van der Waals surface area (Å²) in [5.74, 6) is 0.577. The molecule has 8 nitrogen and oxygen atoms in total. The van der Waals surface area contributed by atoms with Crippen molar-refractivity contribution in [2.75, 3.05) is 10.3 Å². The molecule has 0 spiro atoms. The van der Waals surface area contributed by atoms with E-state index < -0.39 is 6.04 Å². The number of amides is 1. The Balaban J connectivity index is 1.43. The van der Waals surface area contributed by atoms with E-state index in [1.807, 2.05) is 120 Å². The fraction of sp³-hybridized carbons (Fsp3) is 0.0323. The Morgan fingerprint density at radius 1 is 0.825 bits per heavy atom. The molecule has 0 fully saturated rings. The van der Waals surface area contributed by atoms with Gasteiger partial charge in [-0.25, -0.2) is 0 Å². The molecule has 194 valence electrons. The number of nitrogens with zero attached hydrogens (tertiary/aromatic N) is 5. The van der Waals surface area contributed by atoms with Crippen LogP contribution in [-0.4, -0.2) is 27.8 Å². The van der Waals surface area contributed by atoms with Crippen molar-refractivity contribution in [2.24, 2.45) is 10.1 Å². The molecule has 2 aliphatic rings. The zero-order valence-electron chi connectivity index (χ0n) is 21.0. The van der Waals surface area contributed by atoms with Crippen molar-refractivity contribution >= 4 is 46.6 Å². The predicted octanol–water partition coefficient (Wildman–Crippen LogP) is 6.86. The topological polar surface area (TPSA) is 86.3 Å². The van der Waals surface area contributed by atoms with E-state index >= 15 is 0 Å². The number of rotatable bonds is 5. The van der Waals surface area contributed by atoms with Gasteiger partial charge in [0.1, 0.15) is 5.69 Å². The van der Waals surface area contributed by atoms with Crippen molar-refractivity contribution < 1.29 is 9.32 Å². The smallest absolute Gasteiger partial charge is 0.293 e. The number of aliphatic imine (C=N–C) groups is 1. The van der Waals surface area contributed by atoms with Gasteiger partial charge in [-0.05, 0) is 42.0 Å². The van der Waals surface area contributed by atoms with Crippen molar-refractivity contribution in [1.82, 2.24) is 10.1 Å². The number of carbonyl (C=O) groups is 1. The Morgan fingerprint density at radius 2 is 1.48 bits per heavy atom. The fourth-order valence-corrected chi connectivity index (χ4v) is 5.06. The average Bonchev–Trinajstić information content (AvgIpc) is 3.60. The van der Waals surface area contributed by atoms with E-state index in [9.17, 15) is 4.79 Å². The lowest BCUT2D eigenvalue weighted by atomic mass is 9.93. The number of aromatic nitrogens is 1. The Morgan fingerprint density at radius 3 is 2.17 bits per heavy atom. The Kier molecular flexibility index (Phi) is 5.87. The van der Waals surface area contributed by atoms with E-state index in [-0.39, 0.29) is 11.7 Å². The van der Waals surface area contributed by atoms with Crippen molar-refractivity contribution in [3.63, 3.8) is 0 Å². The third kappa shape index (κ3) is 4.11. The van der Waals surface area contributed by atoms with E-state index in [1.165, 1.54) is 0 Å². The molecular weight excluding hydrogens is 524 g/mol. The molecule has 0 saturated heterocycles. The number of halogens is 1. The minimum Gasteiger partial charge on any atom is -0.335 e. The summed E-state index contributed by atoms with van der Waals surface area (Å²) in [7, 11) is 0. The summed E-state index contributed by atoms with van der Waals surface area (Å²) in [6.07, 6.45) is 0. The number of anilines is 2. The molecule has 4 aromatic carbocycles. The molecule has 1 atom stereocenters. The van der Waals surface area contributed by atoms with E-state index in [0.29, 0.717) is 28.2 Å². The number of hydrazone groups is 1. The average molecular weight is 545 g/mol. The zero-order chi connectivity index (χ0) is 27.1. The Hall–Kier alpha value is -5.21. The van der Waals surface area contributed by atoms with Crippen molar-refractivity contribution in [3.8, 4) is 11.3 Å². The lowest BCUT2D eigenvalue weighted by Gasteiger charge is -2.33. The molecule has 5 aromatic rings. The first-order chi connectivity index (χ1) is 19.7. The summed E-state index contributed by atoms with van der Waals surface area (Å²) >= 11 is 6.28. The summed E-state index contributed by atoms with van der Waals surface area (Å²) in [6.45, 7) is 0. The standard InChI is InChI=1S/C31H21ClN6O2/c32-22-18-16-21(17-19-22)27-25-26(20-10-4-1-5-11-20)36-40-30(25)34-31-37(27)28(29(39)33-23-12-6-2-7-13-23)35-38(31)24-14-8-3-9-15-24/h1-19,27H,(H,33,39). The maximum absolute atomic E-state index is 13.9. The van der Waals surface area contributed by atoms with Crippen LogP contribution in [0.4, 0.5) is 17.3 Å². The summed E-state index contributed by atoms with van der Waals surface area (Å²) in [4.78, 5) is 20.6. The van der Waals surface area contributed by atoms with E-state index in [0.717, 1.165) is 22.4 Å². The van der Waals surface area contributed by atoms with Crippen LogP contribution >= 0.6 is 11.6 Å². The number of amidine groups is 1. The summed E-state index contributed by atoms with van der Waals surface area (Å²) in [6, 6.07) is 35.6. The van der Waals surface area contributed by atoms with Gasteiger partial charge in [0.25, 0.3) is 11.8 Å². The van der Waals surface area contributed by atoms with Crippen molar-refractivity contribution in [3.05, 3.63) is 131 Å². The van der Waals surface area contributed by atoms with Gasteiger partial charge < -0.3 is 9.84 Å². The number of hydrogen-bond donors (Lipinski definition) is 1. The van der Waals surface area contributed by atoms with Gasteiger partial charge in [0.2, 0.25) is 11.8 Å². The second-order valence-corrected chi connectivity index (χ2v) is 9.68. The SMILES string of the molecule is O=C(Nc1ccccc1)C1=NN(c2ccccc2)C2=Nc3onc(-c4ccccc4)c3C(c3ccc(Cl)cc3)N12. The van der Waals surface area contributed by atoms with Gasteiger partial charge in [0.05, 0.1) is 17.3 Å². The van der Waals surface area contributed by atoms with Gasteiger partial charge in [0, 0.05) is 16.3 Å². The number of guanidine groups is 1. The maximum Gasteiger partial charge on any atom is 0.293 e. The second kappa shape index (κ2) is 9.83. The number of benzene rings is 4. The Bertz CT molecular complexity index is 1750. The predicted molar refractivity (Wildman–Crippen MR) is 156 cm³/mol. The Labute approximate surface area is 234 Å². The van der Waals surface area contributed by atoms with Gasteiger partial charge in [-0.2, -0.15) is 10.0 Å². The lowest BCUT2D eigenvalue weighted by Crippen LogP contribution is -2.46. The van der Waals surface area contributed by atoms with Crippen LogP contribution in [0, 0.1) is 0 Å². The van der Waals surface area contributed by atoms with Crippen LogP contribution in [0.15, 0.2) is 130 Å². The molecule has 3 heterocycles. The summed E-state index contributed by atoms with van der Waals surface area (Å²) < 4.78 is 5.83. The molecule has 1 N–H and O–H groups in total. The van der Waals surface area contributed by atoms with Crippen LogP contribution in [0.1, 0.15) is 17.2 Å². The van der Waals surface area contributed by atoms with Crippen molar-refractivity contribution in [2.45, 2.75) is 6.04 Å². The summed E-state index contributed by atoms with van der Waals surface area (Å²) in [5.41, 5.74) is 4.51. The van der Waals surface area contributed by atoms with Gasteiger partial charge in [-0.1, -0.05) is 95.6 Å². The van der Waals surface area contributed by atoms with Crippen LogP contribution in [0.25, 0.3) is 11.3 Å². The van der Waals surface area contributed by atoms with E-state index in [2.05, 4.69) is 10.5 Å². The minimum absolute atomic E-state index is 0.178. The van der Waals surface area contributed by atoms with Crippen LogP contribution in [0.2, 0.25) is 5.02 Å². The van der Waals surface area contributed by atoms with E-state index in [1.54, 1.807) is 5.01 Å². The van der Waals surface area contributed by atoms with E-state index in [4.69, 9.17) is 26.2 Å². The molecule has 0 saturated carbocycles. The largest absolute Gasteiger partial charge is 0.335 e. The number of para-hydroxylation sites is 2. The second-order valence-electron chi connectivity index (χ2n) is 9.24. The quantitative estimate of drug-likeness (QED) is 0.261. The van der Waals surface area contributed by atoms with Gasteiger partial charge in [0.15, 0.2) is 0 Å². The molecule has 40 heavy (non-hydrogen) atoms. The highest BCUT2D eigenvalue weighted by Crippen LogP contribution is 2.47. The molecule has 2 aliphatic heterocycles. The van der Waals surface area contributed by atoms with Crippen LogP contribution in [0.5, 0.6) is 0 Å². The summed E-state index contributed by atoms with van der Waals surface area (Å²) in [5, 5.41) is 14.5. The van der Waals surface area contributed by atoms with Gasteiger partial charge in [-0.3, -0.25) is 9.69 Å². The highest BCUT2D eigenvalue weighted by atomic mass is 35.5. The number of carbonyl (C=O) groups excluding carboxylic acids is 1. The van der Waals surface area contributed by atoms with Crippen LogP contribution in [0.3, 0.4) is 0 Å². The van der Waals surface area contributed by atoms with Crippen LogP contribution in [-0.2, 0) is 4.79 Å². The highest BCUT2D eigenvalue weighted by Gasteiger charge is 2.47. The zero-order valence-corrected chi connectivity index (χ0v) is 21.7. The molecule has 1 amide bonds. The molecular formula is C31H21ClN6O2. The fourth-order valence-electron chi connectivity index (χ4n) is 4.93. The lowest BCUT2D eigenvalue weighted by molar-refractivity contribution is -0.110. The molecule has 1 aromatic heterocycles. The number of fused-ring (bicyclic) bond motifs is 2. The van der Waals surface area contributed by atoms with Gasteiger partial charge in [-0.15, -0.1) is 5.10 Å². The normalized spacial score (nSPS) is 15.7. The molecule has 0 aliphatic carbocycles. The highest BCUT2D eigenvalue weighted by molar-refractivity contribution is 6.47. The molecule has 0 radical (unpaired) electrons. The first-order valence-corrected chi connectivity index (χ1v) is 13.0. The minimum atomic E-state index is -0.532.